The molecular formula is C27H31NO3. The Morgan fingerprint density at radius 2 is 1.52 bits per heavy atom. The lowest BCUT2D eigenvalue weighted by molar-refractivity contribution is 0.0930. The molecular weight excluding hydrogens is 386 g/mol. The van der Waals surface area contributed by atoms with E-state index in [-0.39, 0.29) is 11.9 Å². The van der Waals surface area contributed by atoms with Gasteiger partial charge in [0.1, 0.15) is 5.75 Å². The van der Waals surface area contributed by atoms with Crippen LogP contribution in [0.2, 0.25) is 0 Å². The molecule has 0 unspecified atom stereocenters. The smallest absolute Gasteiger partial charge is 0.252 e. The third kappa shape index (κ3) is 6.43. The van der Waals surface area contributed by atoms with Crippen LogP contribution in [0.25, 0.3) is 0 Å². The zero-order chi connectivity index (χ0) is 22.1. The summed E-state index contributed by atoms with van der Waals surface area (Å²) in [5.41, 5.74) is 3.54. The molecule has 0 aliphatic heterocycles. The Kier molecular flexibility index (Phi) is 8.25. The quantitative estimate of drug-likeness (QED) is 0.455. The van der Waals surface area contributed by atoms with Crippen LogP contribution in [0.15, 0.2) is 78.9 Å². The van der Waals surface area contributed by atoms with Crippen molar-refractivity contribution < 1.29 is 14.3 Å². The fourth-order valence-electron chi connectivity index (χ4n) is 3.40. The second-order valence-corrected chi connectivity index (χ2v) is 7.89. The highest BCUT2D eigenvalue weighted by molar-refractivity contribution is 5.95. The summed E-state index contributed by atoms with van der Waals surface area (Å²) in [6.45, 7) is 7.80. The maximum absolute atomic E-state index is 13.2. The molecule has 4 heteroatoms. The largest absolute Gasteiger partial charge is 0.494 e. The number of nitrogens with one attached hydrogen (secondary N) is 1. The second-order valence-electron chi connectivity index (χ2n) is 7.89. The molecule has 0 saturated heterocycles. The minimum Gasteiger partial charge on any atom is -0.494 e. The van der Waals surface area contributed by atoms with E-state index in [1.165, 1.54) is 0 Å². The number of carbonyl (C=O) groups is 1. The first-order valence-corrected chi connectivity index (χ1v) is 10.8. The fraction of sp³-hybridized carbons (Fsp3) is 0.296. The number of amides is 1. The lowest BCUT2D eigenvalue weighted by Crippen LogP contribution is -2.29. The topological polar surface area (TPSA) is 47.6 Å². The summed E-state index contributed by atoms with van der Waals surface area (Å²) in [6, 6.07) is 25.3. The monoisotopic (exact) mass is 417 g/mol. The van der Waals surface area contributed by atoms with Crippen LogP contribution in [0.4, 0.5) is 0 Å². The van der Waals surface area contributed by atoms with Crippen LogP contribution in [-0.4, -0.2) is 19.1 Å². The molecule has 0 radical (unpaired) electrons. The van der Waals surface area contributed by atoms with E-state index in [0.29, 0.717) is 31.3 Å². The molecule has 3 rings (SSSR count). The molecule has 0 bridgehead atoms. The number of benzene rings is 3. The third-order valence-electron chi connectivity index (χ3n) is 4.87. The summed E-state index contributed by atoms with van der Waals surface area (Å²) >= 11 is 0. The van der Waals surface area contributed by atoms with Gasteiger partial charge in [-0.25, -0.2) is 0 Å². The van der Waals surface area contributed by atoms with Crippen molar-refractivity contribution >= 4 is 5.91 Å². The van der Waals surface area contributed by atoms with E-state index in [1.54, 1.807) is 6.07 Å². The molecule has 162 valence electrons. The summed E-state index contributed by atoms with van der Waals surface area (Å²) in [7, 11) is 0. The Morgan fingerprint density at radius 1 is 0.903 bits per heavy atom. The number of hydrogen-bond acceptors (Lipinski definition) is 3. The summed E-state index contributed by atoms with van der Waals surface area (Å²) < 4.78 is 11.5. The molecule has 0 aromatic heterocycles. The van der Waals surface area contributed by atoms with E-state index in [1.807, 2.05) is 79.7 Å². The van der Waals surface area contributed by atoms with E-state index >= 15 is 0 Å². The number of hydrogen-bond donors (Lipinski definition) is 1. The zero-order valence-electron chi connectivity index (χ0n) is 18.5. The lowest BCUT2D eigenvalue weighted by Gasteiger charge is -2.20. The Morgan fingerprint density at radius 3 is 2.06 bits per heavy atom. The van der Waals surface area contributed by atoms with Crippen molar-refractivity contribution in [3.8, 4) is 5.75 Å². The first-order chi connectivity index (χ1) is 15.1. The van der Waals surface area contributed by atoms with Crippen molar-refractivity contribution in [2.75, 3.05) is 13.2 Å². The van der Waals surface area contributed by atoms with Crippen LogP contribution < -0.4 is 10.1 Å². The predicted molar refractivity (Wildman–Crippen MR) is 124 cm³/mol. The number of carbonyl (C=O) groups excluding carboxylic acids is 1. The number of ether oxygens (including phenoxy) is 2. The molecule has 1 amide bonds. The van der Waals surface area contributed by atoms with Gasteiger partial charge in [-0.15, -0.1) is 0 Å². The molecule has 0 saturated carbocycles. The Labute approximate surface area is 185 Å². The van der Waals surface area contributed by atoms with Crippen molar-refractivity contribution in [3.05, 3.63) is 101 Å². The summed E-state index contributed by atoms with van der Waals surface area (Å²) in [5.74, 6) is 1.07. The molecule has 0 aliphatic rings. The van der Waals surface area contributed by atoms with Crippen molar-refractivity contribution in [1.29, 1.82) is 0 Å². The van der Waals surface area contributed by atoms with Crippen LogP contribution in [0.3, 0.4) is 0 Å². The average Bonchev–Trinajstić information content (AvgIpc) is 2.79. The van der Waals surface area contributed by atoms with Gasteiger partial charge in [-0.1, -0.05) is 74.5 Å². The molecule has 3 aromatic rings. The van der Waals surface area contributed by atoms with Crippen LogP contribution in [-0.2, 0) is 11.3 Å². The van der Waals surface area contributed by atoms with E-state index in [0.717, 1.165) is 22.4 Å². The Hall–Kier alpha value is -3.11. The highest BCUT2D eigenvalue weighted by Gasteiger charge is 2.19. The molecule has 0 heterocycles. The van der Waals surface area contributed by atoms with Gasteiger partial charge in [0.15, 0.2) is 0 Å². The second kappa shape index (κ2) is 11.3. The normalized spacial score (nSPS) is 11.0. The molecule has 3 aromatic carbocycles. The van der Waals surface area contributed by atoms with Crippen molar-refractivity contribution in [2.45, 2.75) is 33.4 Å². The summed E-state index contributed by atoms with van der Waals surface area (Å²) in [6.07, 6.45) is 0. The Bertz CT molecular complexity index is 915. The van der Waals surface area contributed by atoms with Gasteiger partial charge in [0, 0.05) is 17.7 Å². The van der Waals surface area contributed by atoms with E-state index in [4.69, 9.17) is 9.47 Å². The van der Waals surface area contributed by atoms with Gasteiger partial charge >= 0.3 is 0 Å². The van der Waals surface area contributed by atoms with Gasteiger partial charge in [0.05, 0.1) is 19.3 Å². The van der Waals surface area contributed by atoms with Gasteiger partial charge in [-0.05, 0) is 42.2 Å². The maximum atomic E-state index is 13.2. The molecule has 0 fully saturated rings. The minimum absolute atomic E-state index is 0.133. The van der Waals surface area contributed by atoms with Crippen LogP contribution in [0.1, 0.15) is 53.9 Å². The fourth-order valence-corrected chi connectivity index (χ4v) is 3.40. The van der Waals surface area contributed by atoms with E-state index in [9.17, 15) is 4.79 Å². The molecule has 0 spiro atoms. The van der Waals surface area contributed by atoms with Crippen molar-refractivity contribution in [2.24, 2.45) is 5.92 Å². The maximum Gasteiger partial charge on any atom is 0.252 e. The van der Waals surface area contributed by atoms with Crippen LogP contribution in [0.5, 0.6) is 5.75 Å². The van der Waals surface area contributed by atoms with Gasteiger partial charge in [0.2, 0.25) is 0 Å². The molecule has 31 heavy (non-hydrogen) atoms. The van der Waals surface area contributed by atoms with Gasteiger partial charge in [0.25, 0.3) is 5.91 Å². The van der Waals surface area contributed by atoms with Gasteiger partial charge in [-0.2, -0.15) is 0 Å². The molecule has 4 nitrogen and oxygen atoms in total. The standard InChI is InChI=1S/C27H31NO3/c1-4-31-25-16-15-23(17-24(25)19-30-18-20(2)3)27(29)28-26(21-11-7-5-8-12-21)22-13-9-6-10-14-22/h5-17,20,26H,4,18-19H2,1-3H3,(H,28,29). The minimum atomic E-state index is -0.234. The van der Waals surface area contributed by atoms with Gasteiger partial charge in [-0.3, -0.25) is 4.79 Å². The summed E-state index contributed by atoms with van der Waals surface area (Å²) in [4.78, 5) is 13.2. The van der Waals surface area contributed by atoms with E-state index in [2.05, 4.69) is 19.2 Å². The summed E-state index contributed by atoms with van der Waals surface area (Å²) in [5, 5.41) is 3.20. The van der Waals surface area contributed by atoms with Crippen molar-refractivity contribution in [1.82, 2.24) is 5.32 Å². The van der Waals surface area contributed by atoms with Gasteiger partial charge < -0.3 is 14.8 Å². The molecule has 1 N–H and O–H groups in total. The highest BCUT2D eigenvalue weighted by Crippen LogP contribution is 2.25. The molecule has 0 atom stereocenters. The van der Waals surface area contributed by atoms with E-state index < -0.39 is 0 Å². The van der Waals surface area contributed by atoms with Crippen LogP contribution >= 0.6 is 0 Å². The molecule has 0 aliphatic carbocycles. The lowest BCUT2D eigenvalue weighted by atomic mass is 9.98. The zero-order valence-corrected chi connectivity index (χ0v) is 18.5. The highest BCUT2D eigenvalue weighted by atomic mass is 16.5. The van der Waals surface area contributed by atoms with Crippen molar-refractivity contribution in [3.63, 3.8) is 0 Å². The average molecular weight is 418 g/mol. The first-order valence-electron chi connectivity index (χ1n) is 10.8. The van der Waals surface area contributed by atoms with Crippen LogP contribution in [0, 0.1) is 5.92 Å². The Balaban J connectivity index is 1.84. The SMILES string of the molecule is CCOc1ccc(C(=O)NC(c2ccccc2)c2ccccc2)cc1COCC(C)C. The number of rotatable bonds is 10. The predicted octanol–water partition coefficient (Wildman–Crippen LogP) is 5.78. The third-order valence-corrected chi connectivity index (χ3v) is 4.87. The first kappa shape index (κ1) is 22.6.